The number of carbonyl (C=O) groups is 1. The molecule has 1 aromatic carbocycles. The molecule has 22 heavy (non-hydrogen) atoms. The van der Waals surface area contributed by atoms with Gasteiger partial charge in [-0.25, -0.2) is 0 Å². The van der Waals surface area contributed by atoms with Crippen molar-refractivity contribution in [2.75, 3.05) is 11.9 Å². The molecule has 0 atom stereocenters. The summed E-state index contributed by atoms with van der Waals surface area (Å²) in [5.74, 6) is 0.518. The van der Waals surface area contributed by atoms with Crippen molar-refractivity contribution < 1.29 is 9.53 Å². The summed E-state index contributed by atoms with van der Waals surface area (Å²) < 4.78 is 5.67. The highest BCUT2D eigenvalue weighted by Gasteiger charge is 2.12. The number of hydrogen-bond donors (Lipinski definition) is 2. The summed E-state index contributed by atoms with van der Waals surface area (Å²) in [6, 6.07) is 5.35. The maximum Gasteiger partial charge on any atom is 0.224 e. The Morgan fingerprint density at radius 1 is 1.27 bits per heavy atom. The molecular formula is C16H26Cl2N2O2. The fourth-order valence-electron chi connectivity index (χ4n) is 1.96. The van der Waals surface area contributed by atoms with Crippen molar-refractivity contribution in [1.29, 1.82) is 0 Å². The van der Waals surface area contributed by atoms with Gasteiger partial charge in [-0.3, -0.25) is 4.79 Å². The van der Waals surface area contributed by atoms with E-state index in [0.29, 0.717) is 29.4 Å². The number of nitrogens with two attached hydrogens (primary N) is 1. The van der Waals surface area contributed by atoms with E-state index in [1.807, 2.05) is 13.8 Å². The van der Waals surface area contributed by atoms with E-state index in [2.05, 4.69) is 5.32 Å². The second kappa shape index (κ2) is 11.6. The van der Waals surface area contributed by atoms with Gasteiger partial charge in [0.05, 0.1) is 16.8 Å². The van der Waals surface area contributed by atoms with Crippen molar-refractivity contribution in [3.63, 3.8) is 0 Å². The largest absolute Gasteiger partial charge is 0.487 e. The molecule has 4 nitrogen and oxygen atoms in total. The number of anilines is 1. The summed E-state index contributed by atoms with van der Waals surface area (Å²) in [5.41, 5.74) is 6.07. The zero-order valence-corrected chi connectivity index (χ0v) is 14.8. The molecule has 0 bridgehead atoms. The van der Waals surface area contributed by atoms with Crippen LogP contribution in [0.4, 0.5) is 5.69 Å². The smallest absolute Gasteiger partial charge is 0.224 e. The third-order valence-corrected chi connectivity index (χ3v) is 3.25. The lowest BCUT2D eigenvalue weighted by molar-refractivity contribution is -0.116. The van der Waals surface area contributed by atoms with Crippen molar-refractivity contribution >= 4 is 35.6 Å². The van der Waals surface area contributed by atoms with Gasteiger partial charge in [0, 0.05) is 6.42 Å². The second-order valence-electron chi connectivity index (χ2n) is 5.28. The van der Waals surface area contributed by atoms with Crippen molar-refractivity contribution in [3.8, 4) is 5.75 Å². The Morgan fingerprint density at radius 3 is 2.59 bits per heavy atom. The first kappa shape index (κ1) is 21.0. The fourth-order valence-corrected chi connectivity index (χ4v) is 2.18. The molecule has 3 N–H and O–H groups in total. The van der Waals surface area contributed by atoms with Gasteiger partial charge in [-0.2, -0.15) is 0 Å². The minimum Gasteiger partial charge on any atom is -0.487 e. The topological polar surface area (TPSA) is 64.3 Å². The minimum absolute atomic E-state index is 0. The van der Waals surface area contributed by atoms with Gasteiger partial charge in [-0.1, -0.05) is 30.5 Å². The summed E-state index contributed by atoms with van der Waals surface area (Å²) in [5, 5.41) is 3.38. The van der Waals surface area contributed by atoms with E-state index >= 15 is 0 Å². The number of amides is 1. The maximum absolute atomic E-state index is 12.0. The molecule has 0 unspecified atom stereocenters. The first-order chi connectivity index (χ1) is 10.0. The summed E-state index contributed by atoms with van der Waals surface area (Å²) in [6.45, 7) is 4.56. The molecule has 0 heterocycles. The number of hydrogen-bond acceptors (Lipinski definition) is 3. The molecule has 6 heteroatoms. The van der Waals surface area contributed by atoms with Crippen LogP contribution in [0.3, 0.4) is 0 Å². The number of halogens is 2. The predicted octanol–water partition coefficient (Wildman–Crippen LogP) is 4.40. The van der Waals surface area contributed by atoms with Crippen LogP contribution in [0.2, 0.25) is 5.02 Å². The second-order valence-corrected chi connectivity index (χ2v) is 5.69. The highest BCUT2D eigenvalue weighted by Crippen LogP contribution is 2.33. The van der Waals surface area contributed by atoms with E-state index in [0.717, 1.165) is 25.7 Å². The number of nitrogens with one attached hydrogen (secondary N) is 1. The van der Waals surface area contributed by atoms with E-state index in [1.165, 1.54) is 0 Å². The molecule has 0 fully saturated rings. The van der Waals surface area contributed by atoms with E-state index < -0.39 is 0 Å². The Bertz CT molecular complexity index is 454. The SMILES string of the molecule is CC(C)Oc1c(Cl)cccc1NC(=O)CCCCCCN.Cl. The van der Waals surface area contributed by atoms with Gasteiger partial charge in [0.2, 0.25) is 5.91 Å². The number of rotatable bonds is 9. The van der Waals surface area contributed by atoms with Crippen LogP contribution in [0.25, 0.3) is 0 Å². The van der Waals surface area contributed by atoms with E-state index in [4.69, 9.17) is 22.1 Å². The number of para-hydroxylation sites is 1. The minimum atomic E-state index is -0.0152. The maximum atomic E-state index is 12.0. The van der Waals surface area contributed by atoms with Crippen molar-refractivity contribution in [2.24, 2.45) is 5.73 Å². The van der Waals surface area contributed by atoms with Gasteiger partial charge < -0.3 is 15.8 Å². The Morgan fingerprint density at radius 2 is 1.95 bits per heavy atom. The molecule has 0 aliphatic carbocycles. The molecule has 1 amide bonds. The van der Waals surface area contributed by atoms with E-state index in [9.17, 15) is 4.79 Å². The quantitative estimate of drug-likeness (QED) is 0.650. The van der Waals surface area contributed by atoms with Crippen LogP contribution in [0.1, 0.15) is 46.0 Å². The summed E-state index contributed by atoms with van der Waals surface area (Å²) in [7, 11) is 0. The fraction of sp³-hybridized carbons (Fsp3) is 0.562. The van der Waals surface area contributed by atoms with Crippen LogP contribution < -0.4 is 15.8 Å². The van der Waals surface area contributed by atoms with Gasteiger partial charge >= 0.3 is 0 Å². The molecule has 0 aliphatic rings. The Balaban J connectivity index is 0.00000441. The lowest BCUT2D eigenvalue weighted by Crippen LogP contribution is -2.14. The first-order valence-electron chi connectivity index (χ1n) is 7.49. The van der Waals surface area contributed by atoms with Gasteiger partial charge in [0.1, 0.15) is 0 Å². The standard InChI is InChI=1S/C16H25ClN2O2.ClH/c1-12(2)21-16-13(17)8-7-9-14(16)19-15(20)10-5-3-4-6-11-18;/h7-9,12H,3-6,10-11,18H2,1-2H3,(H,19,20);1H. The highest BCUT2D eigenvalue weighted by atomic mass is 35.5. The van der Waals surface area contributed by atoms with Gasteiger partial charge in [0.25, 0.3) is 0 Å². The lowest BCUT2D eigenvalue weighted by atomic mass is 10.1. The molecular weight excluding hydrogens is 323 g/mol. The van der Waals surface area contributed by atoms with Crippen molar-refractivity contribution in [3.05, 3.63) is 23.2 Å². The zero-order valence-electron chi connectivity index (χ0n) is 13.2. The molecule has 1 aromatic rings. The van der Waals surface area contributed by atoms with Crippen LogP contribution in [0.5, 0.6) is 5.75 Å². The van der Waals surface area contributed by atoms with Gasteiger partial charge in [-0.05, 0) is 45.4 Å². The first-order valence-corrected chi connectivity index (χ1v) is 7.87. The molecule has 126 valence electrons. The van der Waals surface area contributed by atoms with E-state index in [-0.39, 0.29) is 24.4 Å². The summed E-state index contributed by atoms with van der Waals surface area (Å²) in [4.78, 5) is 12.0. The van der Waals surface area contributed by atoms with Gasteiger partial charge in [0.15, 0.2) is 5.75 Å². The molecule has 0 saturated heterocycles. The van der Waals surface area contributed by atoms with Crippen LogP contribution in [-0.4, -0.2) is 18.6 Å². The summed E-state index contributed by atoms with van der Waals surface area (Å²) in [6.07, 6.45) is 4.47. The number of benzene rings is 1. The van der Waals surface area contributed by atoms with Crippen molar-refractivity contribution in [2.45, 2.75) is 52.1 Å². The lowest BCUT2D eigenvalue weighted by Gasteiger charge is -2.16. The van der Waals surface area contributed by atoms with Crippen LogP contribution in [0.15, 0.2) is 18.2 Å². The Hall–Kier alpha value is -0.970. The van der Waals surface area contributed by atoms with Crippen LogP contribution in [-0.2, 0) is 4.79 Å². The molecule has 1 rings (SSSR count). The average Bonchev–Trinajstić information content (AvgIpc) is 2.42. The number of carbonyl (C=O) groups excluding carboxylic acids is 1. The summed E-state index contributed by atoms with van der Waals surface area (Å²) >= 11 is 6.13. The Kier molecular flexibility index (Phi) is 11.1. The highest BCUT2D eigenvalue weighted by molar-refractivity contribution is 6.32. The normalized spacial score (nSPS) is 10.2. The molecule has 0 aliphatic heterocycles. The molecule has 0 aromatic heterocycles. The average molecular weight is 349 g/mol. The zero-order chi connectivity index (χ0) is 15.7. The van der Waals surface area contributed by atoms with E-state index in [1.54, 1.807) is 18.2 Å². The van der Waals surface area contributed by atoms with Crippen LogP contribution in [0, 0.1) is 0 Å². The van der Waals surface area contributed by atoms with Crippen LogP contribution >= 0.6 is 24.0 Å². The monoisotopic (exact) mass is 348 g/mol. The van der Waals surface area contributed by atoms with Gasteiger partial charge in [-0.15, -0.1) is 12.4 Å². The molecule has 0 radical (unpaired) electrons. The molecule has 0 spiro atoms. The third kappa shape index (κ3) is 7.87. The number of ether oxygens (including phenoxy) is 1. The predicted molar refractivity (Wildman–Crippen MR) is 95.2 cm³/mol. The Labute approximate surface area is 144 Å². The van der Waals surface area contributed by atoms with Crippen molar-refractivity contribution in [1.82, 2.24) is 0 Å². The molecule has 0 saturated carbocycles. The third-order valence-electron chi connectivity index (χ3n) is 2.95. The number of unbranched alkanes of at least 4 members (excludes halogenated alkanes) is 3.